The van der Waals surface area contributed by atoms with Crippen LogP contribution in [0.1, 0.15) is 27.4 Å². The van der Waals surface area contributed by atoms with Crippen molar-refractivity contribution in [3.05, 3.63) is 97.5 Å². The minimum absolute atomic E-state index is 0.0627. The summed E-state index contributed by atoms with van der Waals surface area (Å²) in [5.41, 5.74) is 0.779. The average Bonchev–Trinajstić information content (AvgIpc) is 3.44. The molecule has 0 saturated carbocycles. The number of nitro benzene ring substituents is 1. The zero-order valence-corrected chi connectivity index (χ0v) is 20.3. The molecule has 0 bridgehead atoms. The van der Waals surface area contributed by atoms with Crippen LogP contribution < -0.4 is 10.1 Å². The molecule has 1 fully saturated rings. The fraction of sp³-hybridized carbons (Fsp3) is 0.125. The van der Waals surface area contributed by atoms with Gasteiger partial charge in [-0.1, -0.05) is 34.1 Å². The Morgan fingerprint density at radius 1 is 1.17 bits per heavy atom. The average molecular weight is 556 g/mol. The second-order valence-electron chi connectivity index (χ2n) is 7.54. The first-order chi connectivity index (χ1) is 17.2. The standard InChI is InChI=1S/C24H18BrN3O8/c1-34-23(30)21-9-7-17(36-21)12-27-22(29)18(26-24(27)31)10-15-4-8-20(19(11-15)28(32)33)35-13-14-2-5-16(25)6-3-14/h2-11H,12-13H2,1H3,(H,26,31)/b18-10-. The van der Waals surface area contributed by atoms with Gasteiger partial charge in [0.25, 0.3) is 5.91 Å². The zero-order chi connectivity index (χ0) is 25.8. The maximum absolute atomic E-state index is 12.8. The normalized spacial score (nSPS) is 14.2. The largest absolute Gasteiger partial charge is 0.482 e. The number of imide groups is 1. The van der Waals surface area contributed by atoms with Gasteiger partial charge in [0, 0.05) is 10.5 Å². The van der Waals surface area contributed by atoms with E-state index >= 15 is 0 Å². The number of hydrogen-bond donors (Lipinski definition) is 1. The smallest absolute Gasteiger partial charge is 0.373 e. The molecule has 12 heteroatoms. The van der Waals surface area contributed by atoms with E-state index in [4.69, 9.17) is 9.15 Å². The number of ether oxygens (including phenoxy) is 2. The van der Waals surface area contributed by atoms with Crippen molar-refractivity contribution in [2.75, 3.05) is 7.11 Å². The molecule has 11 nitrogen and oxygen atoms in total. The molecule has 0 radical (unpaired) electrons. The maximum Gasteiger partial charge on any atom is 0.373 e. The number of amides is 3. The summed E-state index contributed by atoms with van der Waals surface area (Å²) in [6, 6.07) is 13.7. The Morgan fingerprint density at radius 3 is 2.61 bits per heavy atom. The lowest BCUT2D eigenvalue weighted by Gasteiger charge is -2.09. The third-order valence-corrected chi connectivity index (χ3v) is 5.65. The molecular formula is C24H18BrN3O8. The molecular weight excluding hydrogens is 538 g/mol. The number of carbonyl (C=O) groups is 3. The van der Waals surface area contributed by atoms with Gasteiger partial charge in [0.2, 0.25) is 5.76 Å². The van der Waals surface area contributed by atoms with Gasteiger partial charge in [-0.25, -0.2) is 9.59 Å². The van der Waals surface area contributed by atoms with Gasteiger partial charge >= 0.3 is 17.7 Å². The lowest BCUT2D eigenvalue weighted by Crippen LogP contribution is -2.30. The molecule has 0 spiro atoms. The fourth-order valence-electron chi connectivity index (χ4n) is 3.34. The van der Waals surface area contributed by atoms with Crippen LogP contribution in [0.4, 0.5) is 10.5 Å². The van der Waals surface area contributed by atoms with Crippen molar-refractivity contribution < 1.29 is 33.2 Å². The molecule has 184 valence electrons. The van der Waals surface area contributed by atoms with E-state index in [0.717, 1.165) is 14.9 Å². The summed E-state index contributed by atoms with van der Waals surface area (Å²) in [7, 11) is 1.20. The van der Waals surface area contributed by atoms with Gasteiger partial charge in [0.15, 0.2) is 5.75 Å². The minimum Gasteiger partial charge on any atom is -0.482 e. The lowest BCUT2D eigenvalue weighted by molar-refractivity contribution is -0.386. The molecule has 0 aliphatic carbocycles. The van der Waals surface area contributed by atoms with Crippen LogP contribution in [-0.4, -0.2) is 34.8 Å². The van der Waals surface area contributed by atoms with Crippen molar-refractivity contribution in [1.29, 1.82) is 0 Å². The molecule has 3 aromatic rings. The first kappa shape index (κ1) is 24.7. The molecule has 1 N–H and O–H groups in total. The number of methoxy groups -OCH3 is 1. The molecule has 1 aliphatic rings. The van der Waals surface area contributed by atoms with Gasteiger partial charge in [-0.2, -0.15) is 0 Å². The Labute approximate surface area is 212 Å². The molecule has 2 heterocycles. The number of furan rings is 1. The summed E-state index contributed by atoms with van der Waals surface area (Å²) < 4.78 is 16.4. The van der Waals surface area contributed by atoms with Gasteiger partial charge in [0.05, 0.1) is 18.6 Å². The summed E-state index contributed by atoms with van der Waals surface area (Å²) in [6.45, 7) is -0.0927. The Balaban J connectivity index is 1.49. The van der Waals surface area contributed by atoms with Crippen LogP contribution in [0.15, 0.2) is 69.2 Å². The monoisotopic (exact) mass is 555 g/mol. The number of nitrogens with one attached hydrogen (secondary N) is 1. The van der Waals surface area contributed by atoms with Crippen LogP contribution in [0.2, 0.25) is 0 Å². The Morgan fingerprint density at radius 2 is 1.92 bits per heavy atom. The van der Waals surface area contributed by atoms with Crippen LogP contribution in [-0.2, 0) is 22.7 Å². The molecule has 4 rings (SSSR count). The molecule has 1 aliphatic heterocycles. The van der Waals surface area contributed by atoms with Gasteiger partial charge in [0.1, 0.15) is 18.1 Å². The second-order valence-corrected chi connectivity index (χ2v) is 8.45. The van der Waals surface area contributed by atoms with Crippen LogP contribution in [0.5, 0.6) is 5.75 Å². The van der Waals surface area contributed by atoms with E-state index in [9.17, 15) is 24.5 Å². The number of hydrogen-bond acceptors (Lipinski definition) is 8. The third kappa shape index (κ3) is 5.44. The highest BCUT2D eigenvalue weighted by atomic mass is 79.9. The highest BCUT2D eigenvalue weighted by molar-refractivity contribution is 9.10. The third-order valence-electron chi connectivity index (χ3n) is 5.12. The predicted molar refractivity (Wildman–Crippen MR) is 129 cm³/mol. The summed E-state index contributed by atoms with van der Waals surface area (Å²) in [5.74, 6) is -1.15. The second kappa shape index (κ2) is 10.4. The van der Waals surface area contributed by atoms with E-state index in [1.807, 2.05) is 24.3 Å². The summed E-state index contributed by atoms with van der Waals surface area (Å²) in [6.07, 6.45) is 1.33. The van der Waals surface area contributed by atoms with Gasteiger partial charge in [-0.05, 0) is 47.5 Å². The number of esters is 1. The fourth-order valence-corrected chi connectivity index (χ4v) is 3.61. The number of carbonyl (C=O) groups excluding carboxylic acids is 3. The van der Waals surface area contributed by atoms with Crippen molar-refractivity contribution in [2.45, 2.75) is 13.2 Å². The number of benzene rings is 2. The number of rotatable bonds is 8. The van der Waals surface area contributed by atoms with Crippen molar-refractivity contribution >= 4 is 45.6 Å². The van der Waals surface area contributed by atoms with Gasteiger partial charge in [-0.15, -0.1) is 0 Å². The van der Waals surface area contributed by atoms with E-state index < -0.39 is 22.8 Å². The number of halogens is 1. The Hall–Kier alpha value is -4.45. The first-order valence-electron chi connectivity index (χ1n) is 10.4. The predicted octanol–water partition coefficient (Wildman–Crippen LogP) is 4.41. The first-order valence-corrected chi connectivity index (χ1v) is 11.2. The van der Waals surface area contributed by atoms with E-state index in [1.54, 1.807) is 0 Å². The van der Waals surface area contributed by atoms with Gasteiger partial charge < -0.3 is 19.2 Å². The van der Waals surface area contributed by atoms with Crippen molar-refractivity contribution in [2.24, 2.45) is 0 Å². The molecule has 0 atom stereocenters. The number of urea groups is 1. The van der Waals surface area contributed by atoms with E-state index in [0.29, 0.717) is 5.56 Å². The SMILES string of the molecule is COC(=O)c1ccc(CN2C(=O)N/C(=C\c3ccc(OCc4ccc(Br)cc4)c([N+](=O)[O-])c3)C2=O)o1. The summed E-state index contributed by atoms with van der Waals surface area (Å²) in [5, 5.41) is 14.1. The maximum atomic E-state index is 12.8. The number of nitro groups is 1. The van der Waals surface area contributed by atoms with Crippen LogP contribution in [0.25, 0.3) is 6.08 Å². The molecule has 2 aromatic carbocycles. The molecule has 0 unspecified atom stereocenters. The Bertz CT molecular complexity index is 1380. The minimum atomic E-state index is -0.703. The highest BCUT2D eigenvalue weighted by Gasteiger charge is 2.34. The highest BCUT2D eigenvalue weighted by Crippen LogP contribution is 2.30. The summed E-state index contributed by atoms with van der Waals surface area (Å²) in [4.78, 5) is 48.6. The quantitative estimate of drug-likeness (QED) is 0.141. The van der Waals surface area contributed by atoms with Crippen LogP contribution >= 0.6 is 15.9 Å². The summed E-state index contributed by atoms with van der Waals surface area (Å²) >= 11 is 3.34. The van der Waals surface area contributed by atoms with Crippen molar-refractivity contribution in [3.8, 4) is 5.75 Å². The Kier molecular flexibility index (Phi) is 7.15. The zero-order valence-electron chi connectivity index (χ0n) is 18.7. The number of nitrogens with zero attached hydrogens (tertiary/aromatic N) is 2. The van der Waals surface area contributed by atoms with E-state index in [2.05, 4.69) is 26.0 Å². The van der Waals surface area contributed by atoms with Crippen molar-refractivity contribution in [3.63, 3.8) is 0 Å². The topological polar surface area (TPSA) is 141 Å². The van der Waals surface area contributed by atoms with E-state index in [-0.39, 0.29) is 41.8 Å². The van der Waals surface area contributed by atoms with Gasteiger partial charge in [-0.3, -0.25) is 19.8 Å². The molecule has 36 heavy (non-hydrogen) atoms. The van der Waals surface area contributed by atoms with Crippen LogP contribution in [0, 0.1) is 10.1 Å². The molecule has 1 saturated heterocycles. The van der Waals surface area contributed by atoms with E-state index in [1.165, 1.54) is 43.5 Å². The van der Waals surface area contributed by atoms with Crippen LogP contribution in [0.3, 0.4) is 0 Å². The molecule has 3 amide bonds. The molecule has 1 aromatic heterocycles. The lowest BCUT2D eigenvalue weighted by atomic mass is 10.1. The van der Waals surface area contributed by atoms with Crippen molar-refractivity contribution in [1.82, 2.24) is 10.2 Å².